The molecular weight excluding hydrogens is 206 g/mol. The zero-order chi connectivity index (χ0) is 10.3. The molecule has 0 amide bonds. The van der Waals surface area contributed by atoms with Crippen molar-refractivity contribution in [2.45, 2.75) is 49.8 Å². The summed E-state index contributed by atoms with van der Waals surface area (Å²) < 4.78 is 5.96. The highest BCUT2D eigenvalue weighted by Gasteiger charge is 2.54. The van der Waals surface area contributed by atoms with Crippen LogP contribution in [0.1, 0.15) is 32.1 Å². The first-order valence-corrected chi connectivity index (χ1v) is 7.62. The van der Waals surface area contributed by atoms with Crippen molar-refractivity contribution < 1.29 is 4.74 Å². The van der Waals surface area contributed by atoms with Crippen LogP contribution >= 0.6 is 11.8 Å². The van der Waals surface area contributed by atoms with Crippen LogP contribution in [0.3, 0.4) is 0 Å². The second-order valence-corrected chi connectivity index (χ2v) is 6.14. The fraction of sp³-hybridized carbons (Fsp3) is 1.00. The van der Waals surface area contributed by atoms with Gasteiger partial charge in [0.15, 0.2) is 0 Å². The Balaban J connectivity index is 1.82. The Kier molecular flexibility index (Phi) is 2.74. The van der Waals surface area contributed by atoms with E-state index in [9.17, 15) is 0 Å². The van der Waals surface area contributed by atoms with E-state index in [2.05, 4.69) is 11.2 Å². The van der Waals surface area contributed by atoms with Crippen LogP contribution in [0.15, 0.2) is 0 Å². The molecule has 0 N–H and O–H groups in total. The normalized spacial score (nSPS) is 45.4. The highest BCUT2D eigenvalue weighted by Crippen LogP contribution is 2.47. The molecule has 15 heavy (non-hydrogen) atoms. The zero-order valence-corrected chi connectivity index (χ0v) is 10.4. The molecule has 3 aliphatic heterocycles. The molecule has 0 bridgehead atoms. The van der Waals surface area contributed by atoms with Crippen molar-refractivity contribution in [1.82, 2.24) is 4.90 Å². The van der Waals surface area contributed by atoms with E-state index in [1.807, 2.05) is 11.8 Å². The summed E-state index contributed by atoms with van der Waals surface area (Å²) in [5.41, 5.74) is 0.513. The number of hydrogen-bond acceptors (Lipinski definition) is 3. The van der Waals surface area contributed by atoms with Crippen LogP contribution in [0.4, 0.5) is 0 Å². The van der Waals surface area contributed by atoms with Crippen molar-refractivity contribution in [3.05, 3.63) is 0 Å². The Hall–Kier alpha value is 0.270. The molecule has 2 nitrogen and oxygen atoms in total. The van der Waals surface area contributed by atoms with Gasteiger partial charge in [-0.2, -0.15) is 11.8 Å². The monoisotopic (exact) mass is 227 g/mol. The van der Waals surface area contributed by atoms with Gasteiger partial charge in [-0.05, 0) is 44.9 Å². The van der Waals surface area contributed by atoms with Crippen LogP contribution in [-0.4, -0.2) is 47.7 Å². The quantitative estimate of drug-likeness (QED) is 0.717. The minimum Gasteiger partial charge on any atom is -0.377 e. The number of fused-ring (bicyclic) bond motifs is 3. The summed E-state index contributed by atoms with van der Waals surface area (Å²) in [4.78, 5) is 2.80. The van der Waals surface area contributed by atoms with E-state index in [1.54, 1.807) is 0 Å². The molecule has 3 rings (SSSR count). The smallest absolute Gasteiger partial charge is 0.0748 e. The summed E-state index contributed by atoms with van der Waals surface area (Å²) >= 11 is 2.01. The topological polar surface area (TPSA) is 12.5 Å². The van der Waals surface area contributed by atoms with Crippen LogP contribution in [0.2, 0.25) is 0 Å². The lowest BCUT2D eigenvalue weighted by atomic mass is 9.94. The molecule has 86 valence electrons. The van der Waals surface area contributed by atoms with Gasteiger partial charge in [-0.3, -0.25) is 4.90 Å². The van der Waals surface area contributed by atoms with Gasteiger partial charge in [-0.1, -0.05) is 0 Å². The molecule has 0 unspecified atom stereocenters. The van der Waals surface area contributed by atoms with Gasteiger partial charge >= 0.3 is 0 Å². The minimum absolute atomic E-state index is 0.513. The maximum atomic E-state index is 5.96. The molecule has 0 aliphatic carbocycles. The average Bonchev–Trinajstić information content (AvgIpc) is 2.73. The molecule has 0 aromatic heterocycles. The Morgan fingerprint density at radius 3 is 3.27 bits per heavy atom. The molecule has 3 fully saturated rings. The molecule has 0 radical (unpaired) electrons. The third-order valence-electron chi connectivity index (χ3n) is 4.45. The lowest BCUT2D eigenvalue weighted by molar-refractivity contribution is -0.0108. The molecule has 0 saturated carbocycles. The van der Waals surface area contributed by atoms with Gasteiger partial charge in [-0.25, -0.2) is 0 Å². The molecule has 0 aromatic carbocycles. The highest BCUT2D eigenvalue weighted by molar-refractivity contribution is 7.98. The summed E-state index contributed by atoms with van der Waals surface area (Å²) in [5, 5.41) is 0. The number of thioether (sulfide) groups is 1. The summed E-state index contributed by atoms with van der Waals surface area (Å²) in [6.07, 6.45) is 9.57. The summed E-state index contributed by atoms with van der Waals surface area (Å²) in [7, 11) is 0. The molecule has 3 heteroatoms. The van der Waals surface area contributed by atoms with Gasteiger partial charge in [0.25, 0.3) is 0 Å². The highest BCUT2D eigenvalue weighted by atomic mass is 32.2. The van der Waals surface area contributed by atoms with Crippen LogP contribution in [0.5, 0.6) is 0 Å². The fourth-order valence-electron chi connectivity index (χ4n) is 3.93. The molecule has 3 saturated heterocycles. The number of nitrogens with zero attached hydrogens (tertiary/aromatic N) is 1. The van der Waals surface area contributed by atoms with Gasteiger partial charge < -0.3 is 4.74 Å². The summed E-state index contributed by atoms with van der Waals surface area (Å²) in [6.45, 7) is 2.33. The predicted octanol–water partition coefficient (Wildman–Crippen LogP) is 2.14. The summed E-state index contributed by atoms with van der Waals surface area (Å²) in [5.74, 6) is 1.31. The lowest BCUT2D eigenvalue weighted by Crippen LogP contribution is -2.45. The van der Waals surface area contributed by atoms with Crippen LogP contribution in [0.25, 0.3) is 0 Å². The van der Waals surface area contributed by atoms with E-state index in [1.165, 1.54) is 44.4 Å². The van der Waals surface area contributed by atoms with Crippen molar-refractivity contribution in [3.63, 3.8) is 0 Å². The van der Waals surface area contributed by atoms with Crippen LogP contribution < -0.4 is 0 Å². The standard InChI is InChI=1S/C12H21NOS/c1-15-9-12-5-3-6-13(12)10-4-2-7-14-11(10)8-12/h10-11H,2-9H2,1H3/t10-,11-,12+/m0/s1. The second-order valence-electron chi connectivity index (χ2n) is 5.28. The van der Waals surface area contributed by atoms with Crippen molar-refractivity contribution >= 4 is 11.8 Å². The maximum Gasteiger partial charge on any atom is 0.0748 e. The third-order valence-corrected chi connectivity index (χ3v) is 5.28. The Labute approximate surface area is 96.7 Å². The predicted molar refractivity (Wildman–Crippen MR) is 64.4 cm³/mol. The maximum absolute atomic E-state index is 5.96. The van der Waals surface area contributed by atoms with Crippen molar-refractivity contribution in [3.8, 4) is 0 Å². The van der Waals surface area contributed by atoms with Crippen LogP contribution in [0, 0.1) is 0 Å². The molecule has 3 aliphatic rings. The van der Waals surface area contributed by atoms with Crippen molar-refractivity contribution in [1.29, 1.82) is 0 Å². The average molecular weight is 227 g/mol. The fourth-order valence-corrected chi connectivity index (χ4v) is 4.89. The lowest BCUT2D eigenvalue weighted by Gasteiger charge is -2.35. The molecule has 3 heterocycles. The largest absolute Gasteiger partial charge is 0.377 e. The summed E-state index contributed by atoms with van der Waals surface area (Å²) in [6, 6.07) is 0.758. The minimum atomic E-state index is 0.513. The van der Waals surface area contributed by atoms with Gasteiger partial charge in [0.05, 0.1) is 6.10 Å². The van der Waals surface area contributed by atoms with Gasteiger partial charge in [0, 0.05) is 23.9 Å². The van der Waals surface area contributed by atoms with Crippen molar-refractivity contribution in [2.75, 3.05) is 25.2 Å². The SMILES string of the molecule is CSC[C@]12CCCN1[C@H]1CCCO[C@H]1C2. The Bertz CT molecular complexity index is 248. The molecule has 0 aromatic rings. The van der Waals surface area contributed by atoms with E-state index in [4.69, 9.17) is 4.74 Å². The van der Waals surface area contributed by atoms with E-state index in [-0.39, 0.29) is 0 Å². The molecule has 3 atom stereocenters. The number of rotatable bonds is 2. The number of ether oxygens (including phenoxy) is 1. The third kappa shape index (κ3) is 1.55. The first-order chi connectivity index (χ1) is 7.36. The van der Waals surface area contributed by atoms with E-state index in [0.29, 0.717) is 11.6 Å². The number of hydrogen-bond donors (Lipinski definition) is 0. The molecule has 0 spiro atoms. The Morgan fingerprint density at radius 2 is 2.40 bits per heavy atom. The molecular formula is C12H21NOS. The van der Waals surface area contributed by atoms with Gasteiger partial charge in [-0.15, -0.1) is 0 Å². The first kappa shape index (κ1) is 10.4. The van der Waals surface area contributed by atoms with E-state index in [0.717, 1.165) is 12.6 Å². The van der Waals surface area contributed by atoms with Crippen molar-refractivity contribution in [2.24, 2.45) is 0 Å². The Morgan fingerprint density at radius 1 is 1.47 bits per heavy atom. The van der Waals surface area contributed by atoms with E-state index < -0.39 is 0 Å². The van der Waals surface area contributed by atoms with Gasteiger partial charge in [0.1, 0.15) is 0 Å². The first-order valence-electron chi connectivity index (χ1n) is 6.23. The second kappa shape index (κ2) is 3.94. The van der Waals surface area contributed by atoms with Crippen LogP contribution in [-0.2, 0) is 4.74 Å². The zero-order valence-electron chi connectivity index (χ0n) is 9.58. The van der Waals surface area contributed by atoms with Gasteiger partial charge in [0.2, 0.25) is 0 Å². The van der Waals surface area contributed by atoms with E-state index >= 15 is 0 Å².